The SMILES string of the molecule is C=CCC(CC(N)C(=O)O)C(=O)N(C)Cc1ccc(OC)cc1OC. The van der Waals surface area contributed by atoms with E-state index >= 15 is 0 Å². The monoisotopic (exact) mass is 350 g/mol. The number of carbonyl (C=O) groups excluding carboxylic acids is 1. The van der Waals surface area contributed by atoms with Crippen LogP contribution in [0, 0.1) is 5.92 Å². The molecule has 0 radical (unpaired) electrons. The summed E-state index contributed by atoms with van der Waals surface area (Å²) in [7, 11) is 4.77. The number of benzene rings is 1. The highest BCUT2D eigenvalue weighted by Gasteiger charge is 2.26. The maximum atomic E-state index is 12.7. The third-order valence-electron chi connectivity index (χ3n) is 3.93. The quantitative estimate of drug-likeness (QED) is 0.622. The molecular formula is C18H26N2O5. The molecule has 1 rings (SSSR count). The molecule has 1 amide bonds. The van der Waals surface area contributed by atoms with Gasteiger partial charge in [-0.2, -0.15) is 0 Å². The number of carboxylic acids is 1. The molecule has 0 spiro atoms. The van der Waals surface area contributed by atoms with Crippen molar-refractivity contribution in [3.05, 3.63) is 36.4 Å². The van der Waals surface area contributed by atoms with Gasteiger partial charge in [-0.3, -0.25) is 9.59 Å². The highest BCUT2D eigenvalue weighted by atomic mass is 16.5. The zero-order valence-corrected chi connectivity index (χ0v) is 14.9. The van der Waals surface area contributed by atoms with Crippen LogP contribution in [0.25, 0.3) is 0 Å². The summed E-state index contributed by atoms with van der Waals surface area (Å²) in [5.41, 5.74) is 6.40. The van der Waals surface area contributed by atoms with Crippen molar-refractivity contribution in [2.75, 3.05) is 21.3 Å². The molecule has 0 fully saturated rings. The Balaban J connectivity index is 2.89. The van der Waals surface area contributed by atoms with Crippen LogP contribution >= 0.6 is 0 Å². The molecule has 2 atom stereocenters. The summed E-state index contributed by atoms with van der Waals surface area (Å²) in [6, 6.07) is 4.28. The topological polar surface area (TPSA) is 102 Å². The van der Waals surface area contributed by atoms with Gasteiger partial charge in [0.25, 0.3) is 0 Å². The van der Waals surface area contributed by atoms with Crippen molar-refractivity contribution >= 4 is 11.9 Å². The molecule has 0 aliphatic heterocycles. The minimum absolute atomic E-state index is 0.0598. The van der Waals surface area contributed by atoms with Crippen LogP contribution in [0.15, 0.2) is 30.9 Å². The van der Waals surface area contributed by atoms with E-state index < -0.39 is 17.9 Å². The Bertz CT molecular complexity index is 617. The number of allylic oxidation sites excluding steroid dienone is 1. The second-order valence-corrected chi connectivity index (χ2v) is 5.77. The average molecular weight is 350 g/mol. The maximum absolute atomic E-state index is 12.7. The largest absolute Gasteiger partial charge is 0.497 e. The fourth-order valence-electron chi connectivity index (χ4n) is 2.53. The number of methoxy groups -OCH3 is 2. The van der Waals surface area contributed by atoms with Crippen molar-refractivity contribution in [3.63, 3.8) is 0 Å². The number of amides is 1. The van der Waals surface area contributed by atoms with E-state index in [0.29, 0.717) is 24.5 Å². The van der Waals surface area contributed by atoms with Gasteiger partial charge in [-0.05, 0) is 25.0 Å². The molecule has 0 bridgehead atoms. The fraction of sp³-hybridized carbons (Fsp3) is 0.444. The Labute approximate surface area is 148 Å². The summed E-state index contributed by atoms with van der Waals surface area (Å²) in [6.07, 6.45) is 2.02. The van der Waals surface area contributed by atoms with Crippen molar-refractivity contribution in [3.8, 4) is 11.5 Å². The van der Waals surface area contributed by atoms with Crippen LogP contribution in [0.1, 0.15) is 18.4 Å². The number of ether oxygens (including phenoxy) is 2. The van der Waals surface area contributed by atoms with Gasteiger partial charge in [0, 0.05) is 31.1 Å². The molecule has 0 saturated heterocycles. The molecule has 0 aliphatic carbocycles. The Morgan fingerprint density at radius 3 is 2.56 bits per heavy atom. The van der Waals surface area contributed by atoms with Crippen molar-refractivity contribution in [1.82, 2.24) is 4.90 Å². The third-order valence-corrected chi connectivity index (χ3v) is 3.93. The van der Waals surface area contributed by atoms with Gasteiger partial charge >= 0.3 is 5.97 Å². The Morgan fingerprint density at radius 2 is 2.04 bits per heavy atom. The molecule has 25 heavy (non-hydrogen) atoms. The van der Waals surface area contributed by atoms with Crippen molar-refractivity contribution in [2.45, 2.75) is 25.4 Å². The summed E-state index contributed by atoms with van der Waals surface area (Å²) < 4.78 is 10.5. The van der Waals surface area contributed by atoms with E-state index in [-0.39, 0.29) is 12.3 Å². The summed E-state index contributed by atoms with van der Waals surface area (Å²) in [5.74, 6) is -0.568. The molecule has 0 heterocycles. The Kier molecular flexibility index (Phi) is 7.94. The van der Waals surface area contributed by atoms with Crippen LogP contribution in [0.3, 0.4) is 0 Å². The second kappa shape index (κ2) is 9.68. The molecule has 0 saturated carbocycles. The number of carboxylic acid groups (broad SMARTS) is 1. The van der Waals surface area contributed by atoms with Gasteiger partial charge in [-0.1, -0.05) is 6.08 Å². The predicted molar refractivity (Wildman–Crippen MR) is 94.6 cm³/mol. The zero-order valence-electron chi connectivity index (χ0n) is 14.9. The van der Waals surface area contributed by atoms with Crippen LogP contribution in [-0.2, 0) is 16.1 Å². The van der Waals surface area contributed by atoms with Gasteiger partial charge in [-0.25, -0.2) is 0 Å². The van der Waals surface area contributed by atoms with Crippen molar-refractivity contribution in [1.29, 1.82) is 0 Å². The highest BCUT2D eigenvalue weighted by molar-refractivity contribution is 5.80. The number of nitrogens with two attached hydrogens (primary N) is 1. The number of hydrogen-bond donors (Lipinski definition) is 2. The summed E-state index contributed by atoms with van der Waals surface area (Å²) in [4.78, 5) is 25.2. The summed E-state index contributed by atoms with van der Waals surface area (Å²) >= 11 is 0. The molecule has 0 aliphatic rings. The van der Waals surface area contributed by atoms with Gasteiger partial charge in [0.2, 0.25) is 5.91 Å². The molecule has 1 aromatic carbocycles. The van der Waals surface area contributed by atoms with Crippen LogP contribution in [0.2, 0.25) is 0 Å². The van der Waals surface area contributed by atoms with E-state index in [1.165, 1.54) is 4.90 Å². The van der Waals surface area contributed by atoms with Crippen molar-refractivity contribution < 1.29 is 24.2 Å². The number of aliphatic carboxylic acids is 1. The highest BCUT2D eigenvalue weighted by Crippen LogP contribution is 2.26. The number of rotatable bonds is 10. The molecule has 3 N–H and O–H groups in total. The van der Waals surface area contributed by atoms with E-state index in [1.54, 1.807) is 39.5 Å². The third kappa shape index (κ3) is 5.79. The van der Waals surface area contributed by atoms with Crippen LogP contribution in [-0.4, -0.2) is 49.2 Å². The van der Waals surface area contributed by atoms with Gasteiger partial charge in [-0.15, -0.1) is 6.58 Å². The minimum Gasteiger partial charge on any atom is -0.497 e. The number of hydrogen-bond acceptors (Lipinski definition) is 5. The molecule has 1 aromatic rings. The number of carbonyl (C=O) groups is 2. The summed E-state index contributed by atoms with van der Waals surface area (Å²) in [5, 5.41) is 8.97. The van der Waals surface area contributed by atoms with Crippen LogP contribution in [0.4, 0.5) is 0 Å². The molecular weight excluding hydrogens is 324 g/mol. The molecule has 138 valence electrons. The summed E-state index contributed by atoms with van der Waals surface area (Å²) in [6.45, 7) is 3.95. The first-order valence-corrected chi connectivity index (χ1v) is 7.89. The lowest BCUT2D eigenvalue weighted by Gasteiger charge is -2.25. The second-order valence-electron chi connectivity index (χ2n) is 5.77. The Hall–Kier alpha value is -2.54. The molecule has 2 unspecified atom stereocenters. The average Bonchev–Trinajstić information content (AvgIpc) is 2.60. The molecule has 7 nitrogen and oxygen atoms in total. The zero-order chi connectivity index (χ0) is 19.0. The molecule has 7 heteroatoms. The lowest BCUT2D eigenvalue weighted by atomic mass is 9.95. The maximum Gasteiger partial charge on any atom is 0.320 e. The first kappa shape index (κ1) is 20.5. The number of nitrogens with zero attached hydrogens (tertiary/aromatic N) is 1. The van der Waals surface area contributed by atoms with Crippen LogP contribution < -0.4 is 15.2 Å². The predicted octanol–water partition coefficient (Wildman–Crippen LogP) is 1.66. The van der Waals surface area contributed by atoms with E-state index in [0.717, 1.165) is 5.56 Å². The minimum atomic E-state index is -1.12. The van der Waals surface area contributed by atoms with Crippen molar-refractivity contribution in [2.24, 2.45) is 11.7 Å². The van der Waals surface area contributed by atoms with E-state index in [4.69, 9.17) is 20.3 Å². The first-order valence-electron chi connectivity index (χ1n) is 7.89. The first-order chi connectivity index (χ1) is 11.8. The lowest BCUT2D eigenvalue weighted by Crippen LogP contribution is -2.39. The van der Waals surface area contributed by atoms with E-state index in [9.17, 15) is 9.59 Å². The standard InChI is InChI=1S/C18H26N2O5/c1-5-6-12(9-15(19)18(22)23)17(21)20(2)11-13-7-8-14(24-3)10-16(13)25-4/h5,7-8,10,12,15H,1,6,9,11,19H2,2-4H3,(H,22,23). The van der Waals surface area contributed by atoms with Gasteiger partial charge in [0.05, 0.1) is 14.2 Å². The Morgan fingerprint density at radius 1 is 1.36 bits per heavy atom. The normalized spacial score (nSPS) is 12.8. The van der Waals surface area contributed by atoms with Gasteiger partial charge < -0.3 is 25.2 Å². The van der Waals surface area contributed by atoms with E-state index in [1.807, 2.05) is 6.07 Å². The molecule has 0 aromatic heterocycles. The van der Waals surface area contributed by atoms with Gasteiger partial charge in [0.1, 0.15) is 17.5 Å². The lowest BCUT2D eigenvalue weighted by molar-refractivity contribution is -0.140. The van der Waals surface area contributed by atoms with Gasteiger partial charge in [0.15, 0.2) is 0 Å². The fourth-order valence-corrected chi connectivity index (χ4v) is 2.53. The van der Waals surface area contributed by atoms with Crippen LogP contribution in [0.5, 0.6) is 11.5 Å². The smallest absolute Gasteiger partial charge is 0.320 e. The van der Waals surface area contributed by atoms with E-state index in [2.05, 4.69) is 6.58 Å².